The van der Waals surface area contributed by atoms with Crippen LogP contribution in [0.4, 0.5) is 4.39 Å². The van der Waals surface area contributed by atoms with E-state index >= 15 is 0 Å². The van der Waals surface area contributed by atoms with E-state index in [2.05, 4.69) is 27.3 Å². The van der Waals surface area contributed by atoms with Crippen molar-refractivity contribution in [3.05, 3.63) is 69.4 Å². The van der Waals surface area contributed by atoms with E-state index in [4.69, 9.17) is 0 Å². The number of aliphatic hydroxyl groups excluding tert-OH is 1. The number of aryl methyl sites for hydroxylation is 1. The monoisotopic (exact) mass is 422 g/mol. The number of benzene rings is 2. The Kier molecular flexibility index (Phi) is 8.22. The normalized spacial score (nSPS) is 11.0. The molecule has 0 atom stereocenters. The molecule has 0 heterocycles. The first kappa shape index (κ1) is 20.6. The van der Waals surface area contributed by atoms with Crippen molar-refractivity contribution in [2.75, 3.05) is 26.2 Å². The molecule has 0 aliphatic rings. The van der Waals surface area contributed by atoms with E-state index in [0.29, 0.717) is 18.7 Å². The zero-order valence-corrected chi connectivity index (χ0v) is 16.4. The highest BCUT2D eigenvalue weighted by atomic mass is 79.9. The minimum atomic E-state index is -0.323. The van der Waals surface area contributed by atoms with Gasteiger partial charge in [-0.15, -0.1) is 0 Å². The Morgan fingerprint density at radius 2 is 2.00 bits per heavy atom. The minimum Gasteiger partial charge on any atom is -0.395 e. The quantitative estimate of drug-likeness (QED) is 0.652. The fourth-order valence-electron chi connectivity index (χ4n) is 2.75. The molecule has 140 valence electrons. The second kappa shape index (κ2) is 10.4. The number of rotatable bonds is 9. The third kappa shape index (κ3) is 6.52. The summed E-state index contributed by atoms with van der Waals surface area (Å²) in [6, 6.07) is 12.8. The highest BCUT2D eigenvalue weighted by molar-refractivity contribution is 9.10. The predicted molar refractivity (Wildman–Crippen MR) is 104 cm³/mol. The van der Waals surface area contributed by atoms with Crippen LogP contribution in [0.25, 0.3) is 0 Å². The van der Waals surface area contributed by atoms with Crippen LogP contribution in [-0.2, 0) is 17.8 Å². The van der Waals surface area contributed by atoms with Crippen molar-refractivity contribution >= 4 is 21.8 Å². The number of aliphatic hydroxyl groups is 1. The molecule has 0 aliphatic heterocycles. The maximum atomic E-state index is 13.9. The second-order valence-corrected chi connectivity index (χ2v) is 7.11. The van der Waals surface area contributed by atoms with Crippen LogP contribution >= 0.6 is 15.9 Å². The van der Waals surface area contributed by atoms with E-state index in [1.54, 1.807) is 17.0 Å². The van der Waals surface area contributed by atoms with Gasteiger partial charge >= 0.3 is 0 Å². The first-order chi connectivity index (χ1) is 12.5. The summed E-state index contributed by atoms with van der Waals surface area (Å²) in [5, 5.41) is 12.1. The topological polar surface area (TPSA) is 52.6 Å². The van der Waals surface area contributed by atoms with Crippen LogP contribution in [0.2, 0.25) is 0 Å². The maximum absolute atomic E-state index is 13.9. The smallest absolute Gasteiger partial charge is 0.234 e. The van der Waals surface area contributed by atoms with Gasteiger partial charge in [0.1, 0.15) is 5.82 Å². The highest BCUT2D eigenvalue weighted by Crippen LogP contribution is 2.17. The highest BCUT2D eigenvalue weighted by Gasteiger charge is 2.13. The Labute approximate surface area is 162 Å². The summed E-state index contributed by atoms with van der Waals surface area (Å²) in [5.41, 5.74) is 2.89. The number of carbonyl (C=O) groups excluding carboxylic acids is 1. The molecule has 2 aromatic rings. The molecule has 2 aromatic carbocycles. The predicted octanol–water partition coefficient (Wildman–Crippen LogP) is 3.05. The van der Waals surface area contributed by atoms with Gasteiger partial charge in [0, 0.05) is 29.7 Å². The van der Waals surface area contributed by atoms with E-state index in [1.807, 2.05) is 25.1 Å². The van der Waals surface area contributed by atoms with E-state index in [1.165, 1.54) is 17.2 Å². The van der Waals surface area contributed by atoms with Gasteiger partial charge < -0.3 is 10.4 Å². The molecule has 0 aromatic heterocycles. The van der Waals surface area contributed by atoms with Gasteiger partial charge in [0.05, 0.1) is 13.2 Å². The van der Waals surface area contributed by atoms with E-state index in [9.17, 15) is 14.3 Å². The molecule has 1 amide bonds. The van der Waals surface area contributed by atoms with Crippen LogP contribution in [-0.4, -0.2) is 42.2 Å². The van der Waals surface area contributed by atoms with Crippen LogP contribution in [0.3, 0.4) is 0 Å². The average molecular weight is 423 g/mol. The molecule has 4 nitrogen and oxygen atoms in total. The van der Waals surface area contributed by atoms with Crippen molar-refractivity contribution in [2.45, 2.75) is 19.9 Å². The number of hydrogen-bond donors (Lipinski definition) is 2. The van der Waals surface area contributed by atoms with Crippen LogP contribution in [0.15, 0.2) is 46.9 Å². The third-order valence-electron chi connectivity index (χ3n) is 4.16. The molecule has 0 bridgehead atoms. The summed E-state index contributed by atoms with van der Waals surface area (Å²) in [6.45, 7) is 3.18. The van der Waals surface area contributed by atoms with Crippen molar-refractivity contribution < 1.29 is 14.3 Å². The lowest BCUT2D eigenvalue weighted by molar-refractivity contribution is -0.122. The summed E-state index contributed by atoms with van der Waals surface area (Å²) in [4.78, 5) is 13.9. The van der Waals surface area contributed by atoms with Crippen LogP contribution in [0.5, 0.6) is 0 Å². The molecular formula is C20H24BrFN2O2. The van der Waals surface area contributed by atoms with Gasteiger partial charge in [0.15, 0.2) is 0 Å². The van der Waals surface area contributed by atoms with Gasteiger partial charge in [-0.3, -0.25) is 9.69 Å². The summed E-state index contributed by atoms with van der Waals surface area (Å²) in [6.07, 6.45) is 0.763. The second-order valence-electron chi connectivity index (χ2n) is 6.20. The molecule has 0 saturated carbocycles. The van der Waals surface area contributed by atoms with E-state index < -0.39 is 0 Å². The Morgan fingerprint density at radius 3 is 2.73 bits per heavy atom. The molecule has 2 N–H and O–H groups in total. The Bertz CT molecular complexity index is 740. The zero-order valence-electron chi connectivity index (χ0n) is 14.8. The SMILES string of the molecule is Cc1ccccc1CCNC(=O)CN(CCO)Cc1cc(Br)ccc1F. The Morgan fingerprint density at radius 1 is 1.23 bits per heavy atom. The largest absolute Gasteiger partial charge is 0.395 e. The zero-order chi connectivity index (χ0) is 18.9. The third-order valence-corrected chi connectivity index (χ3v) is 4.66. The van der Waals surface area contributed by atoms with Crippen molar-refractivity contribution in [1.82, 2.24) is 10.2 Å². The Balaban J connectivity index is 1.87. The van der Waals surface area contributed by atoms with E-state index in [-0.39, 0.29) is 31.4 Å². The first-order valence-electron chi connectivity index (χ1n) is 8.58. The number of nitrogens with one attached hydrogen (secondary N) is 1. The Hall–Kier alpha value is -1.76. The molecule has 0 unspecified atom stereocenters. The van der Waals surface area contributed by atoms with Crippen molar-refractivity contribution in [2.24, 2.45) is 0 Å². The molecule has 0 spiro atoms. The van der Waals surface area contributed by atoms with Crippen molar-refractivity contribution in [3.63, 3.8) is 0 Å². The van der Waals surface area contributed by atoms with Crippen molar-refractivity contribution in [1.29, 1.82) is 0 Å². The van der Waals surface area contributed by atoms with Crippen LogP contribution in [0, 0.1) is 12.7 Å². The van der Waals surface area contributed by atoms with Gasteiger partial charge in [0.2, 0.25) is 5.91 Å². The molecule has 26 heavy (non-hydrogen) atoms. The van der Waals surface area contributed by atoms with Gasteiger partial charge in [0.25, 0.3) is 0 Å². The van der Waals surface area contributed by atoms with E-state index in [0.717, 1.165) is 10.9 Å². The molecule has 2 rings (SSSR count). The summed E-state index contributed by atoms with van der Waals surface area (Å²) in [5.74, 6) is -0.460. The molecular weight excluding hydrogens is 399 g/mol. The van der Waals surface area contributed by atoms with Gasteiger partial charge in [-0.1, -0.05) is 40.2 Å². The number of halogens is 2. The number of hydrogen-bond acceptors (Lipinski definition) is 3. The number of carbonyl (C=O) groups is 1. The minimum absolute atomic E-state index is 0.0912. The number of amides is 1. The molecule has 0 aliphatic carbocycles. The molecule has 6 heteroatoms. The fourth-order valence-corrected chi connectivity index (χ4v) is 3.16. The van der Waals surface area contributed by atoms with Gasteiger partial charge in [-0.05, 0) is 42.7 Å². The summed E-state index contributed by atoms with van der Waals surface area (Å²) in [7, 11) is 0. The van der Waals surface area contributed by atoms with Gasteiger partial charge in [-0.25, -0.2) is 4.39 Å². The fraction of sp³-hybridized carbons (Fsp3) is 0.350. The first-order valence-corrected chi connectivity index (χ1v) is 9.37. The maximum Gasteiger partial charge on any atom is 0.234 e. The molecule has 0 radical (unpaired) electrons. The van der Waals surface area contributed by atoms with Crippen LogP contribution in [0.1, 0.15) is 16.7 Å². The summed E-state index contributed by atoms with van der Waals surface area (Å²) >= 11 is 3.32. The standard InChI is InChI=1S/C20H24BrFN2O2/c1-15-4-2-3-5-16(15)8-9-23-20(26)14-24(10-11-25)13-17-12-18(21)6-7-19(17)22/h2-7,12,25H,8-11,13-14H2,1H3,(H,23,26). The van der Waals surface area contributed by atoms with Crippen LogP contribution < -0.4 is 5.32 Å². The van der Waals surface area contributed by atoms with Gasteiger partial charge in [-0.2, -0.15) is 0 Å². The number of nitrogens with zero attached hydrogens (tertiary/aromatic N) is 1. The lowest BCUT2D eigenvalue weighted by atomic mass is 10.1. The molecule has 0 fully saturated rings. The lowest BCUT2D eigenvalue weighted by Crippen LogP contribution is -2.39. The molecule has 0 saturated heterocycles. The average Bonchev–Trinajstić information content (AvgIpc) is 2.60. The summed E-state index contributed by atoms with van der Waals surface area (Å²) < 4.78 is 14.7. The lowest BCUT2D eigenvalue weighted by Gasteiger charge is -2.21. The van der Waals surface area contributed by atoms with Crippen molar-refractivity contribution in [3.8, 4) is 0 Å².